The maximum absolute atomic E-state index is 14.0. The molecule has 0 unspecified atom stereocenters. The molecule has 2 bridgehead atoms. The van der Waals surface area contributed by atoms with Crippen molar-refractivity contribution < 1.29 is 13.6 Å². The molecule has 24 heavy (non-hydrogen) atoms. The molecule has 4 fully saturated rings. The van der Waals surface area contributed by atoms with Crippen molar-refractivity contribution in [2.75, 3.05) is 26.2 Å². The van der Waals surface area contributed by atoms with Gasteiger partial charge in [0, 0.05) is 32.2 Å². The predicted octanol–water partition coefficient (Wildman–Crippen LogP) is 3.30. The zero-order valence-electron chi connectivity index (χ0n) is 13.9. The summed E-state index contributed by atoms with van der Waals surface area (Å²) in [6, 6.07) is 4.21. The summed E-state index contributed by atoms with van der Waals surface area (Å²) in [7, 11) is 0. The standard InChI is InChI=1S/C19H24F2N2O/c20-17-6-2-5-16(18(17)21)19(24)23-11-14-7-8-15(12-23)22(10-14)9-13-3-1-4-13/h2,5-6,13-15H,1,3-4,7-12H2/t14-,15-/m1/s1. The summed E-state index contributed by atoms with van der Waals surface area (Å²) in [5.41, 5.74) is -0.137. The minimum atomic E-state index is -1.02. The second kappa shape index (κ2) is 6.43. The van der Waals surface area contributed by atoms with Crippen LogP contribution in [-0.4, -0.2) is 47.9 Å². The zero-order chi connectivity index (χ0) is 16.7. The Balaban J connectivity index is 1.50. The first kappa shape index (κ1) is 16.0. The highest BCUT2D eigenvalue weighted by molar-refractivity contribution is 5.94. The number of carbonyl (C=O) groups is 1. The normalized spacial score (nSPS) is 27.8. The summed E-state index contributed by atoms with van der Waals surface area (Å²) in [6.07, 6.45) is 6.22. The van der Waals surface area contributed by atoms with E-state index in [0.29, 0.717) is 25.0 Å². The van der Waals surface area contributed by atoms with Crippen LogP contribution in [-0.2, 0) is 0 Å². The molecule has 0 N–H and O–H groups in total. The highest BCUT2D eigenvalue weighted by Crippen LogP contribution is 2.33. The quantitative estimate of drug-likeness (QED) is 0.847. The van der Waals surface area contributed by atoms with E-state index in [2.05, 4.69) is 4.90 Å². The van der Waals surface area contributed by atoms with Crippen LogP contribution in [0.5, 0.6) is 0 Å². The lowest BCUT2D eigenvalue weighted by Crippen LogP contribution is -2.47. The Bertz CT molecular complexity index is 632. The number of amides is 1. The molecule has 5 rings (SSSR count). The van der Waals surface area contributed by atoms with Gasteiger partial charge in [0.05, 0.1) is 5.56 Å². The van der Waals surface area contributed by atoms with Crippen LogP contribution in [0.4, 0.5) is 8.78 Å². The van der Waals surface area contributed by atoms with E-state index in [4.69, 9.17) is 0 Å². The lowest BCUT2D eigenvalue weighted by molar-refractivity contribution is 0.0712. The molecule has 0 radical (unpaired) electrons. The largest absolute Gasteiger partial charge is 0.337 e. The van der Waals surface area contributed by atoms with Crippen molar-refractivity contribution >= 4 is 5.91 Å². The average molecular weight is 334 g/mol. The summed E-state index contributed by atoms with van der Waals surface area (Å²) in [5, 5.41) is 0. The van der Waals surface area contributed by atoms with Crippen molar-refractivity contribution in [3.05, 3.63) is 35.4 Å². The van der Waals surface area contributed by atoms with E-state index in [1.165, 1.54) is 31.4 Å². The molecule has 1 aromatic rings. The van der Waals surface area contributed by atoms with Gasteiger partial charge in [0.15, 0.2) is 11.6 Å². The summed E-state index contributed by atoms with van der Waals surface area (Å²) in [6.45, 7) is 3.47. The van der Waals surface area contributed by atoms with Gasteiger partial charge in [-0.25, -0.2) is 8.78 Å². The number of rotatable bonds is 3. The van der Waals surface area contributed by atoms with Crippen molar-refractivity contribution in [2.24, 2.45) is 11.8 Å². The van der Waals surface area contributed by atoms with Crippen LogP contribution in [0.2, 0.25) is 0 Å². The number of carbonyl (C=O) groups excluding carboxylic acids is 1. The molecule has 3 nitrogen and oxygen atoms in total. The van der Waals surface area contributed by atoms with Crippen LogP contribution in [0, 0.1) is 23.5 Å². The maximum Gasteiger partial charge on any atom is 0.257 e. The first-order valence-corrected chi connectivity index (χ1v) is 9.09. The number of fused-ring (bicyclic) bond motifs is 4. The van der Waals surface area contributed by atoms with Crippen LogP contribution < -0.4 is 0 Å². The molecule has 0 spiro atoms. The van der Waals surface area contributed by atoms with Gasteiger partial charge < -0.3 is 4.90 Å². The van der Waals surface area contributed by atoms with Crippen LogP contribution in [0.15, 0.2) is 18.2 Å². The van der Waals surface area contributed by atoms with Crippen molar-refractivity contribution in [3.63, 3.8) is 0 Å². The first-order valence-electron chi connectivity index (χ1n) is 9.09. The van der Waals surface area contributed by atoms with Crippen LogP contribution in [0.1, 0.15) is 42.5 Å². The Morgan fingerprint density at radius 2 is 1.92 bits per heavy atom. The number of hydrogen-bond acceptors (Lipinski definition) is 2. The third-order valence-corrected chi connectivity index (χ3v) is 6.01. The van der Waals surface area contributed by atoms with E-state index >= 15 is 0 Å². The number of piperidine rings is 1. The Morgan fingerprint density at radius 3 is 2.67 bits per heavy atom. The number of hydrogen-bond donors (Lipinski definition) is 0. The molecular formula is C19H24F2N2O. The monoisotopic (exact) mass is 334 g/mol. The summed E-state index contributed by atoms with van der Waals surface area (Å²) in [4.78, 5) is 17.0. The SMILES string of the molecule is O=C(c1cccc(F)c1F)N1C[C@@H]2CC[C@H](C1)N(CC1CCC1)C2. The van der Waals surface area contributed by atoms with Gasteiger partial charge in [-0.05, 0) is 49.7 Å². The van der Waals surface area contributed by atoms with Gasteiger partial charge in [-0.1, -0.05) is 12.5 Å². The van der Waals surface area contributed by atoms with E-state index in [1.807, 2.05) is 0 Å². The Hall–Kier alpha value is -1.49. The molecule has 4 aliphatic rings. The summed E-state index contributed by atoms with van der Waals surface area (Å²) < 4.78 is 27.4. The van der Waals surface area contributed by atoms with Gasteiger partial charge in [-0.3, -0.25) is 9.69 Å². The van der Waals surface area contributed by atoms with E-state index in [-0.39, 0.29) is 11.5 Å². The molecule has 3 aliphatic heterocycles. The van der Waals surface area contributed by atoms with Crippen LogP contribution in [0.25, 0.3) is 0 Å². The number of nitrogens with zero attached hydrogens (tertiary/aromatic N) is 2. The van der Waals surface area contributed by atoms with Crippen molar-refractivity contribution in [2.45, 2.75) is 38.1 Å². The third kappa shape index (κ3) is 2.94. The molecule has 130 valence electrons. The van der Waals surface area contributed by atoms with E-state index in [1.54, 1.807) is 4.90 Å². The lowest BCUT2D eigenvalue weighted by Gasteiger charge is -2.40. The molecule has 2 atom stereocenters. The fourth-order valence-electron chi connectivity index (χ4n) is 4.41. The van der Waals surface area contributed by atoms with Gasteiger partial charge in [0.1, 0.15) is 0 Å². The molecule has 5 heteroatoms. The Labute approximate surface area is 141 Å². The van der Waals surface area contributed by atoms with Gasteiger partial charge in [-0.2, -0.15) is 0 Å². The summed E-state index contributed by atoms with van der Waals surface area (Å²) in [5.74, 6) is -1.08. The second-order valence-electron chi connectivity index (χ2n) is 7.66. The molecule has 1 aliphatic carbocycles. The van der Waals surface area contributed by atoms with E-state index < -0.39 is 11.6 Å². The minimum absolute atomic E-state index is 0.137. The average Bonchev–Trinajstić information content (AvgIpc) is 2.84. The molecule has 1 saturated carbocycles. The van der Waals surface area contributed by atoms with Gasteiger partial charge in [-0.15, -0.1) is 0 Å². The third-order valence-electron chi connectivity index (χ3n) is 6.01. The van der Waals surface area contributed by atoms with Crippen LogP contribution >= 0.6 is 0 Å². The topological polar surface area (TPSA) is 23.6 Å². The highest BCUT2D eigenvalue weighted by atomic mass is 19.2. The molecular weight excluding hydrogens is 310 g/mol. The van der Waals surface area contributed by atoms with Crippen molar-refractivity contribution in [3.8, 4) is 0 Å². The first-order chi connectivity index (χ1) is 11.6. The fourth-order valence-corrected chi connectivity index (χ4v) is 4.41. The van der Waals surface area contributed by atoms with Crippen molar-refractivity contribution in [1.82, 2.24) is 9.80 Å². The number of halogens is 2. The smallest absolute Gasteiger partial charge is 0.257 e. The Morgan fingerprint density at radius 1 is 1.08 bits per heavy atom. The fraction of sp³-hybridized carbons (Fsp3) is 0.632. The number of benzene rings is 1. The molecule has 0 aromatic heterocycles. The van der Waals surface area contributed by atoms with Gasteiger partial charge >= 0.3 is 0 Å². The molecule has 1 aromatic carbocycles. The zero-order valence-corrected chi connectivity index (χ0v) is 13.9. The van der Waals surface area contributed by atoms with Gasteiger partial charge in [0.25, 0.3) is 5.91 Å². The summed E-state index contributed by atoms with van der Waals surface area (Å²) >= 11 is 0. The van der Waals surface area contributed by atoms with Crippen molar-refractivity contribution in [1.29, 1.82) is 0 Å². The van der Waals surface area contributed by atoms with Gasteiger partial charge in [0.2, 0.25) is 0 Å². The minimum Gasteiger partial charge on any atom is -0.337 e. The van der Waals surface area contributed by atoms with E-state index in [9.17, 15) is 13.6 Å². The predicted molar refractivity (Wildman–Crippen MR) is 87.7 cm³/mol. The molecule has 3 heterocycles. The molecule has 3 saturated heterocycles. The highest BCUT2D eigenvalue weighted by Gasteiger charge is 2.38. The maximum atomic E-state index is 14.0. The van der Waals surface area contributed by atoms with E-state index in [0.717, 1.165) is 37.9 Å². The second-order valence-corrected chi connectivity index (χ2v) is 7.66. The van der Waals surface area contributed by atoms with Crippen LogP contribution in [0.3, 0.4) is 0 Å². The Kier molecular flexibility index (Phi) is 4.29. The molecule has 1 amide bonds. The lowest BCUT2D eigenvalue weighted by atomic mass is 9.83.